The topological polar surface area (TPSA) is 26.3 Å². The van der Waals surface area contributed by atoms with Crippen LogP contribution in [0.25, 0.3) is 0 Å². The average molecular weight is 294 g/mol. The lowest BCUT2D eigenvalue weighted by Gasteiger charge is -2.24. The SMILES string of the molecule is CCCCC(CC)C(=O)OC(C(F)(F)F)C(F)(F)F. The molecule has 0 aliphatic rings. The Balaban J connectivity index is 4.80. The third-order valence-electron chi connectivity index (χ3n) is 2.56. The van der Waals surface area contributed by atoms with Gasteiger partial charge in [-0.2, -0.15) is 26.3 Å². The Morgan fingerprint density at radius 3 is 1.84 bits per heavy atom. The number of halogens is 6. The minimum atomic E-state index is -5.66. The van der Waals surface area contributed by atoms with Crippen LogP contribution in [-0.4, -0.2) is 24.4 Å². The van der Waals surface area contributed by atoms with E-state index in [-0.39, 0.29) is 12.8 Å². The van der Waals surface area contributed by atoms with Crippen molar-refractivity contribution in [2.24, 2.45) is 5.92 Å². The summed E-state index contributed by atoms with van der Waals surface area (Å²) < 4.78 is 76.8. The Kier molecular flexibility index (Phi) is 6.65. The number of carbonyl (C=O) groups excluding carboxylic acids is 1. The molecule has 1 unspecified atom stereocenters. The van der Waals surface area contributed by atoms with Gasteiger partial charge in [-0.05, 0) is 12.8 Å². The molecule has 0 bridgehead atoms. The molecular weight excluding hydrogens is 278 g/mol. The number of esters is 1. The van der Waals surface area contributed by atoms with Gasteiger partial charge in [0.15, 0.2) is 0 Å². The molecule has 0 aromatic carbocycles. The summed E-state index contributed by atoms with van der Waals surface area (Å²) in [6, 6.07) is 0. The summed E-state index contributed by atoms with van der Waals surface area (Å²) in [5.74, 6) is -2.39. The lowest BCUT2D eigenvalue weighted by atomic mass is 9.99. The zero-order valence-electron chi connectivity index (χ0n) is 10.6. The summed E-state index contributed by atoms with van der Waals surface area (Å²) in [5, 5.41) is 0. The van der Waals surface area contributed by atoms with E-state index < -0.39 is 30.3 Å². The van der Waals surface area contributed by atoms with Crippen molar-refractivity contribution >= 4 is 5.97 Å². The molecule has 0 aliphatic heterocycles. The quantitative estimate of drug-likeness (QED) is 0.541. The van der Waals surface area contributed by atoms with E-state index in [0.717, 1.165) is 0 Å². The molecular formula is C11H16F6O2. The fourth-order valence-electron chi connectivity index (χ4n) is 1.47. The lowest BCUT2D eigenvalue weighted by molar-refractivity contribution is -0.314. The molecule has 0 fully saturated rings. The van der Waals surface area contributed by atoms with Gasteiger partial charge in [0.2, 0.25) is 0 Å². The molecule has 19 heavy (non-hydrogen) atoms. The smallest absolute Gasteiger partial charge is 0.434 e. The van der Waals surface area contributed by atoms with E-state index in [4.69, 9.17) is 0 Å². The van der Waals surface area contributed by atoms with Crippen LogP contribution < -0.4 is 0 Å². The first-order chi connectivity index (χ1) is 8.54. The normalized spacial score (nSPS) is 14.6. The molecule has 0 aliphatic carbocycles. The fourth-order valence-corrected chi connectivity index (χ4v) is 1.47. The number of hydrogen-bond donors (Lipinski definition) is 0. The van der Waals surface area contributed by atoms with Gasteiger partial charge in [0.1, 0.15) is 0 Å². The van der Waals surface area contributed by atoms with Crippen molar-refractivity contribution in [3.05, 3.63) is 0 Å². The van der Waals surface area contributed by atoms with Crippen LogP contribution in [0.1, 0.15) is 39.5 Å². The van der Waals surface area contributed by atoms with Gasteiger partial charge in [-0.25, -0.2) is 0 Å². The maximum Gasteiger partial charge on any atom is 0.434 e. The van der Waals surface area contributed by atoms with Crippen LogP contribution in [0.4, 0.5) is 26.3 Å². The highest BCUT2D eigenvalue weighted by molar-refractivity contribution is 5.72. The van der Waals surface area contributed by atoms with E-state index in [2.05, 4.69) is 4.74 Å². The summed E-state index contributed by atoms with van der Waals surface area (Å²) >= 11 is 0. The fraction of sp³-hybridized carbons (Fsp3) is 0.909. The largest absolute Gasteiger partial charge is 0.443 e. The molecule has 1 atom stereocenters. The van der Waals surface area contributed by atoms with Crippen molar-refractivity contribution in [2.75, 3.05) is 0 Å². The Labute approximate surface area is 107 Å². The standard InChI is InChI=1S/C11H16F6O2/c1-3-5-6-7(4-2)8(18)19-9(10(12,13)14)11(15,16)17/h7,9H,3-6H2,1-2H3. The molecule has 0 amide bonds. The van der Waals surface area contributed by atoms with Crippen molar-refractivity contribution in [3.63, 3.8) is 0 Å². The van der Waals surface area contributed by atoms with Crippen LogP contribution in [0.2, 0.25) is 0 Å². The first-order valence-corrected chi connectivity index (χ1v) is 5.87. The Hall–Kier alpha value is -0.950. The molecule has 0 aromatic heterocycles. The summed E-state index contributed by atoms with van der Waals surface area (Å²) in [6.45, 7) is 3.31. The van der Waals surface area contributed by atoms with Crippen LogP contribution >= 0.6 is 0 Å². The molecule has 0 rings (SSSR count). The predicted octanol–water partition coefficient (Wildman–Crippen LogP) is 4.24. The molecule has 8 heteroatoms. The number of alkyl halides is 6. The summed E-state index contributed by atoms with van der Waals surface area (Å²) in [6.07, 6.45) is -13.8. The van der Waals surface area contributed by atoms with Gasteiger partial charge < -0.3 is 4.74 Å². The van der Waals surface area contributed by atoms with E-state index in [0.29, 0.717) is 12.8 Å². The minimum absolute atomic E-state index is 0.140. The number of hydrogen-bond acceptors (Lipinski definition) is 2. The molecule has 0 radical (unpaired) electrons. The molecule has 0 saturated heterocycles. The first kappa shape index (κ1) is 18.0. The summed E-state index contributed by atoms with van der Waals surface area (Å²) in [4.78, 5) is 11.4. The van der Waals surface area contributed by atoms with E-state index in [1.165, 1.54) is 6.92 Å². The van der Waals surface area contributed by atoms with Crippen molar-refractivity contribution in [1.29, 1.82) is 0 Å². The molecule has 0 saturated carbocycles. The van der Waals surface area contributed by atoms with Gasteiger partial charge >= 0.3 is 18.3 Å². The molecule has 0 N–H and O–H groups in total. The second kappa shape index (κ2) is 7.00. The van der Waals surface area contributed by atoms with Crippen LogP contribution in [0.15, 0.2) is 0 Å². The zero-order valence-corrected chi connectivity index (χ0v) is 10.6. The monoisotopic (exact) mass is 294 g/mol. The molecule has 0 spiro atoms. The lowest BCUT2D eigenvalue weighted by Crippen LogP contribution is -2.46. The molecule has 0 heterocycles. The number of rotatable bonds is 6. The Bertz CT molecular complexity index is 270. The van der Waals surface area contributed by atoms with Crippen LogP contribution in [-0.2, 0) is 9.53 Å². The molecule has 0 aromatic rings. The van der Waals surface area contributed by atoms with Crippen LogP contribution in [0.5, 0.6) is 0 Å². The number of unbranched alkanes of at least 4 members (excludes halogenated alkanes) is 1. The highest BCUT2D eigenvalue weighted by Crippen LogP contribution is 2.36. The van der Waals surface area contributed by atoms with Crippen molar-refractivity contribution in [3.8, 4) is 0 Å². The van der Waals surface area contributed by atoms with Crippen LogP contribution in [0, 0.1) is 5.92 Å². The molecule has 2 nitrogen and oxygen atoms in total. The van der Waals surface area contributed by atoms with Crippen molar-refractivity contribution < 1.29 is 35.9 Å². The van der Waals surface area contributed by atoms with Gasteiger partial charge in [-0.3, -0.25) is 4.79 Å². The van der Waals surface area contributed by atoms with E-state index in [1.807, 2.05) is 0 Å². The van der Waals surface area contributed by atoms with Gasteiger partial charge in [-0.1, -0.05) is 26.7 Å². The van der Waals surface area contributed by atoms with E-state index >= 15 is 0 Å². The van der Waals surface area contributed by atoms with Gasteiger partial charge in [0, 0.05) is 0 Å². The average Bonchev–Trinajstić information content (AvgIpc) is 2.23. The van der Waals surface area contributed by atoms with Crippen molar-refractivity contribution in [1.82, 2.24) is 0 Å². The van der Waals surface area contributed by atoms with E-state index in [1.54, 1.807) is 6.92 Å². The van der Waals surface area contributed by atoms with Crippen LogP contribution in [0.3, 0.4) is 0 Å². The highest BCUT2D eigenvalue weighted by atomic mass is 19.4. The first-order valence-electron chi connectivity index (χ1n) is 5.87. The summed E-state index contributed by atoms with van der Waals surface area (Å²) in [5.41, 5.74) is 0. The Morgan fingerprint density at radius 2 is 1.53 bits per heavy atom. The zero-order chi connectivity index (χ0) is 15.3. The second-order valence-corrected chi connectivity index (χ2v) is 4.15. The third kappa shape index (κ3) is 6.15. The highest BCUT2D eigenvalue weighted by Gasteiger charge is 2.60. The maximum atomic E-state index is 12.2. The summed E-state index contributed by atoms with van der Waals surface area (Å²) in [7, 11) is 0. The van der Waals surface area contributed by atoms with E-state index in [9.17, 15) is 31.1 Å². The maximum absolute atomic E-state index is 12.2. The van der Waals surface area contributed by atoms with Gasteiger partial charge in [0.25, 0.3) is 6.10 Å². The third-order valence-corrected chi connectivity index (χ3v) is 2.56. The predicted molar refractivity (Wildman–Crippen MR) is 55.3 cm³/mol. The number of carbonyl (C=O) groups is 1. The second-order valence-electron chi connectivity index (χ2n) is 4.15. The van der Waals surface area contributed by atoms with Crippen molar-refractivity contribution in [2.45, 2.75) is 58.0 Å². The van der Waals surface area contributed by atoms with Gasteiger partial charge in [0.05, 0.1) is 5.92 Å². The minimum Gasteiger partial charge on any atom is -0.443 e. The molecule has 114 valence electrons. The van der Waals surface area contributed by atoms with Gasteiger partial charge in [-0.15, -0.1) is 0 Å². The number of ether oxygens (including phenoxy) is 1. The Morgan fingerprint density at radius 1 is 1.05 bits per heavy atom.